The second-order valence-corrected chi connectivity index (χ2v) is 5.32. The average molecular weight is 348 g/mol. The van der Waals surface area contributed by atoms with Crippen LogP contribution in [0.4, 0.5) is 5.69 Å². The molecule has 0 bridgehead atoms. The maximum absolute atomic E-state index is 10.7. The molecule has 4 nitrogen and oxygen atoms in total. The minimum atomic E-state index is -0.990. The Labute approximate surface area is 131 Å². The fraction of sp³-hybridized carbons (Fsp3) is 0.125. The normalized spacial score (nSPS) is 12.3. The molecular weight excluding hydrogens is 334 g/mol. The maximum atomic E-state index is 10.7. The largest absolute Gasteiger partial charge is 0.479 e. The Morgan fingerprint density at radius 1 is 1.29 bits per heavy atom. The first-order valence-corrected chi connectivity index (χ1v) is 7.13. The molecule has 0 radical (unpaired) electrons. The Kier molecular flexibility index (Phi) is 5.11. The number of rotatable bonds is 5. The van der Waals surface area contributed by atoms with E-state index in [9.17, 15) is 4.79 Å². The predicted octanol–water partition coefficient (Wildman–Crippen LogP) is 4.05. The molecule has 108 valence electrons. The zero-order chi connectivity index (χ0) is 15.2. The third-order valence-corrected chi connectivity index (χ3v) is 3.20. The molecule has 0 aliphatic heterocycles. The van der Waals surface area contributed by atoms with Gasteiger partial charge >= 0.3 is 5.97 Å². The van der Waals surface area contributed by atoms with Crippen molar-refractivity contribution in [3.05, 3.63) is 58.6 Å². The van der Waals surface area contributed by atoms with Gasteiger partial charge in [0.15, 0.2) is 6.10 Å². The van der Waals surface area contributed by atoms with Gasteiger partial charge in [0.1, 0.15) is 5.75 Å². The summed E-state index contributed by atoms with van der Waals surface area (Å²) >= 11 is 3.39. The van der Waals surface area contributed by atoms with Crippen LogP contribution >= 0.6 is 15.9 Å². The van der Waals surface area contributed by atoms with Crippen molar-refractivity contribution in [1.29, 1.82) is 0 Å². The van der Waals surface area contributed by atoms with E-state index < -0.39 is 12.1 Å². The first-order chi connectivity index (χ1) is 10.0. The molecule has 0 aliphatic carbocycles. The molecule has 2 aromatic rings. The lowest BCUT2D eigenvalue weighted by Gasteiger charge is -2.09. The van der Waals surface area contributed by atoms with Gasteiger partial charge in [-0.05, 0) is 55.0 Å². The molecule has 1 unspecified atom stereocenters. The number of aliphatic carboxylic acids is 1. The molecular formula is C16H14BrNO3. The number of hydrogen-bond acceptors (Lipinski definition) is 3. The van der Waals surface area contributed by atoms with Gasteiger partial charge in [0.2, 0.25) is 0 Å². The Hall–Kier alpha value is -2.14. The second kappa shape index (κ2) is 7.04. The molecule has 5 heteroatoms. The van der Waals surface area contributed by atoms with Crippen LogP contribution in [-0.4, -0.2) is 23.4 Å². The molecule has 0 heterocycles. The fourth-order valence-corrected chi connectivity index (χ4v) is 1.98. The van der Waals surface area contributed by atoms with Gasteiger partial charge in [-0.1, -0.05) is 22.0 Å². The summed E-state index contributed by atoms with van der Waals surface area (Å²) in [5.74, 6) is -0.472. The minimum Gasteiger partial charge on any atom is -0.479 e. The number of carboxylic acid groups (broad SMARTS) is 1. The molecule has 0 spiro atoms. The van der Waals surface area contributed by atoms with E-state index in [0.29, 0.717) is 5.75 Å². The number of hydrogen-bond donors (Lipinski definition) is 1. The third kappa shape index (κ3) is 4.72. The van der Waals surface area contributed by atoms with Crippen molar-refractivity contribution in [2.24, 2.45) is 4.99 Å². The Morgan fingerprint density at radius 2 is 2.00 bits per heavy atom. The van der Waals surface area contributed by atoms with E-state index in [1.807, 2.05) is 36.4 Å². The lowest BCUT2D eigenvalue weighted by molar-refractivity contribution is -0.144. The summed E-state index contributed by atoms with van der Waals surface area (Å²) in [7, 11) is 0. The molecule has 0 saturated carbocycles. The Balaban J connectivity index is 2.04. The first-order valence-electron chi connectivity index (χ1n) is 6.34. The summed E-state index contributed by atoms with van der Waals surface area (Å²) in [4.78, 5) is 15.1. The van der Waals surface area contributed by atoms with Crippen molar-refractivity contribution in [1.82, 2.24) is 0 Å². The van der Waals surface area contributed by atoms with Crippen molar-refractivity contribution >= 4 is 33.8 Å². The summed E-state index contributed by atoms with van der Waals surface area (Å²) in [6.45, 7) is 1.49. The minimum absolute atomic E-state index is 0.518. The Morgan fingerprint density at radius 3 is 2.62 bits per heavy atom. The van der Waals surface area contributed by atoms with Crippen LogP contribution < -0.4 is 4.74 Å². The zero-order valence-corrected chi connectivity index (χ0v) is 12.9. The monoisotopic (exact) mass is 347 g/mol. The van der Waals surface area contributed by atoms with Gasteiger partial charge in [0, 0.05) is 10.7 Å². The highest BCUT2D eigenvalue weighted by molar-refractivity contribution is 9.10. The van der Waals surface area contributed by atoms with Gasteiger partial charge in [0.05, 0.1) is 5.69 Å². The van der Waals surface area contributed by atoms with E-state index in [4.69, 9.17) is 9.84 Å². The molecule has 1 N–H and O–H groups in total. The van der Waals surface area contributed by atoms with E-state index in [1.54, 1.807) is 18.3 Å². The van der Waals surface area contributed by atoms with Gasteiger partial charge < -0.3 is 9.84 Å². The number of aliphatic imine (C=N–C) groups is 1. The molecule has 2 aromatic carbocycles. The van der Waals surface area contributed by atoms with E-state index in [2.05, 4.69) is 20.9 Å². The van der Waals surface area contributed by atoms with Gasteiger partial charge in [-0.3, -0.25) is 4.99 Å². The highest BCUT2D eigenvalue weighted by Gasteiger charge is 2.11. The van der Waals surface area contributed by atoms with Crippen molar-refractivity contribution < 1.29 is 14.6 Å². The third-order valence-electron chi connectivity index (χ3n) is 2.71. The molecule has 0 saturated heterocycles. The van der Waals surface area contributed by atoms with E-state index in [-0.39, 0.29) is 0 Å². The van der Waals surface area contributed by atoms with Crippen LogP contribution in [0.25, 0.3) is 0 Å². The number of ether oxygens (including phenoxy) is 1. The van der Waals surface area contributed by atoms with Gasteiger partial charge in [0.25, 0.3) is 0 Å². The number of nitrogens with zero attached hydrogens (tertiary/aromatic N) is 1. The molecule has 0 amide bonds. The summed E-state index contributed by atoms with van der Waals surface area (Å²) in [5, 5.41) is 8.78. The summed E-state index contributed by atoms with van der Waals surface area (Å²) in [5.41, 5.74) is 1.76. The topological polar surface area (TPSA) is 58.9 Å². The van der Waals surface area contributed by atoms with E-state index >= 15 is 0 Å². The smallest absolute Gasteiger partial charge is 0.344 e. The van der Waals surface area contributed by atoms with Crippen molar-refractivity contribution in [2.75, 3.05) is 0 Å². The SMILES string of the molecule is CC(Oc1ccc(C=Nc2cccc(Br)c2)cc1)C(=O)O. The second-order valence-electron chi connectivity index (χ2n) is 4.41. The first kappa shape index (κ1) is 15.3. The maximum Gasteiger partial charge on any atom is 0.344 e. The van der Waals surface area contributed by atoms with Gasteiger partial charge in [-0.15, -0.1) is 0 Å². The summed E-state index contributed by atoms with van der Waals surface area (Å²) in [6.07, 6.45) is 0.873. The van der Waals surface area contributed by atoms with Crippen LogP contribution in [0.1, 0.15) is 12.5 Å². The van der Waals surface area contributed by atoms with Crippen LogP contribution in [-0.2, 0) is 4.79 Å². The van der Waals surface area contributed by atoms with E-state index in [1.165, 1.54) is 6.92 Å². The van der Waals surface area contributed by atoms with Crippen LogP contribution in [0.2, 0.25) is 0 Å². The van der Waals surface area contributed by atoms with Crippen LogP contribution in [0.5, 0.6) is 5.75 Å². The lowest BCUT2D eigenvalue weighted by Crippen LogP contribution is -2.22. The zero-order valence-electron chi connectivity index (χ0n) is 11.4. The highest BCUT2D eigenvalue weighted by atomic mass is 79.9. The molecule has 21 heavy (non-hydrogen) atoms. The van der Waals surface area contributed by atoms with Crippen LogP contribution in [0.3, 0.4) is 0 Å². The predicted molar refractivity (Wildman–Crippen MR) is 85.6 cm³/mol. The molecule has 0 aromatic heterocycles. The van der Waals surface area contributed by atoms with Crippen LogP contribution in [0, 0.1) is 0 Å². The standard InChI is InChI=1S/C16H14BrNO3/c1-11(16(19)20)21-15-7-5-12(6-8-15)10-18-14-4-2-3-13(17)9-14/h2-11H,1H3,(H,19,20). The quantitative estimate of drug-likeness (QED) is 0.830. The number of benzene rings is 2. The molecule has 0 fully saturated rings. The summed E-state index contributed by atoms with van der Waals surface area (Å²) in [6, 6.07) is 14.8. The van der Waals surface area contributed by atoms with Crippen molar-refractivity contribution in [3.63, 3.8) is 0 Å². The van der Waals surface area contributed by atoms with Gasteiger partial charge in [-0.25, -0.2) is 4.79 Å². The van der Waals surface area contributed by atoms with Crippen molar-refractivity contribution in [3.8, 4) is 5.75 Å². The molecule has 2 rings (SSSR count). The number of carbonyl (C=O) groups is 1. The van der Waals surface area contributed by atoms with Crippen LogP contribution in [0.15, 0.2) is 58.0 Å². The number of halogens is 1. The number of carboxylic acids is 1. The van der Waals surface area contributed by atoms with Crippen molar-refractivity contribution in [2.45, 2.75) is 13.0 Å². The Bertz CT molecular complexity index is 653. The van der Waals surface area contributed by atoms with E-state index in [0.717, 1.165) is 15.7 Å². The molecule has 0 aliphatic rings. The summed E-state index contributed by atoms with van der Waals surface area (Å²) < 4.78 is 6.23. The lowest BCUT2D eigenvalue weighted by atomic mass is 10.2. The van der Waals surface area contributed by atoms with Gasteiger partial charge in [-0.2, -0.15) is 0 Å². The highest BCUT2D eigenvalue weighted by Crippen LogP contribution is 2.19. The molecule has 1 atom stereocenters. The average Bonchev–Trinajstić information content (AvgIpc) is 2.46. The fourth-order valence-electron chi connectivity index (χ4n) is 1.59.